The van der Waals surface area contributed by atoms with Crippen molar-refractivity contribution in [3.8, 4) is 22.5 Å². The fraction of sp³-hybridized carbons (Fsp3) is 0.188. The van der Waals surface area contributed by atoms with Gasteiger partial charge in [-0.05, 0) is 76.2 Å². The predicted molar refractivity (Wildman–Crippen MR) is 172 cm³/mol. The first-order valence-corrected chi connectivity index (χ1v) is 14.7. The molecule has 4 heterocycles. The number of benzene rings is 2. The Balaban J connectivity index is 0.000000168. The highest BCUT2D eigenvalue weighted by molar-refractivity contribution is 9.10. The van der Waals surface area contributed by atoms with Gasteiger partial charge in [0.1, 0.15) is 11.3 Å². The van der Waals surface area contributed by atoms with E-state index in [0.29, 0.717) is 40.8 Å². The Labute approximate surface area is 255 Å². The van der Waals surface area contributed by atoms with Crippen molar-refractivity contribution < 1.29 is 0 Å². The number of hydrogen-bond donors (Lipinski definition) is 0. The van der Waals surface area contributed by atoms with E-state index in [4.69, 9.17) is 11.6 Å². The Bertz CT molecular complexity index is 1920. The lowest BCUT2D eigenvalue weighted by Crippen LogP contribution is -2.24. The van der Waals surface area contributed by atoms with Gasteiger partial charge in [-0.3, -0.25) is 9.13 Å². The fourth-order valence-corrected chi connectivity index (χ4v) is 5.35. The highest BCUT2D eigenvalue weighted by atomic mass is 79.9. The molecule has 0 fully saturated rings. The zero-order valence-electron chi connectivity index (χ0n) is 23.6. The summed E-state index contributed by atoms with van der Waals surface area (Å²) in [5, 5.41) is 2.35. The van der Waals surface area contributed by atoms with Gasteiger partial charge in [0.2, 0.25) is 0 Å². The van der Waals surface area contributed by atoms with Crippen LogP contribution < -0.4 is 11.4 Å². The van der Waals surface area contributed by atoms with Crippen LogP contribution in [0.5, 0.6) is 0 Å². The highest BCUT2D eigenvalue weighted by Crippen LogP contribution is 2.28. The molecule has 0 saturated heterocycles. The van der Waals surface area contributed by atoms with Crippen LogP contribution >= 0.6 is 27.5 Å². The minimum absolute atomic E-state index is 0.266. The van der Waals surface area contributed by atoms with Gasteiger partial charge in [0.05, 0.1) is 11.4 Å². The van der Waals surface area contributed by atoms with Crippen molar-refractivity contribution in [2.75, 3.05) is 0 Å². The second-order valence-electron chi connectivity index (χ2n) is 9.64. The van der Waals surface area contributed by atoms with E-state index in [1.54, 1.807) is 21.3 Å². The Morgan fingerprint density at radius 1 is 0.667 bits per heavy atom. The summed E-state index contributed by atoms with van der Waals surface area (Å²) in [4.78, 5) is 42.0. The summed E-state index contributed by atoms with van der Waals surface area (Å²) in [7, 11) is 0. The van der Waals surface area contributed by atoms with Crippen LogP contribution in [0.2, 0.25) is 5.02 Å². The summed E-state index contributed by atoms with van der Waals surface area (Å²) in [6.07, 6.45) is 0. The Hall–Kier alpha value is -4.21. The quantitative estimate of drug-likeness (QED) is 0.206. The van der Waals surface area contributed by atoms with Crippen LogP contribution in [0.1, 0.15) is 25.2 Å². The van der Waals surface area contributed by atoms with Crippen molar-refractivity contribution in [2.45, 2.75) is 40.8 Å². The van der Waals surface area contributed by atoms with E-state index in [2.05, 4.69) is 35.9 Å². The molecule has 0 atom stereocenters. The molecule has 42 heavy (non-hydrogen) atoms. The smallest absolute Gasteiger partial charge is 0.276 e. The number of rotatable bonds is 4. The van der Waals surface area contributed by atoms with Crippen LogP contribution in [0.4, 0.5) is 0 Å². The molecule has 0 N–H and O–H groups in total. The normalized spacial score (nSPS) is 11.0. The molecule has 0 aliphatic heterocycles. The molecular weight excluding hydrogens is 616 g/mol. The number of halogens is 2. The molecule has 0 aliphatic rings. The zero-order valence-corrected chi connectivity index (χ0v) is 25.9. The standard InChI is InChI=1S/C16H14BrN3O.C16H14ClN3O/c2*1-3-20-15-13(8-7-10(2)18-15)14(19-16(20)21)11-5-4-6-12(17)9-11/h2*4-9H,3H2,1-2H3. The monoisotopic (exact) mass is 642 g/mol. The molecule has 4 aromatic heterocycles. The second-order valence-corrected chi connectivity index (χ2v) is 11.0. The van der Waals surface area contributed by atoms with Crippen LogP contribution in [0.25, 0.3) is 44.6 Å². The van der Waals surface area contributed by atoms with E-state index >= 15 is 0 Å². The van der Waals surface area contributed by atoms with Crippen molar-refractivity contribution in [2.24, 2.45) is 0 Å². The molecule has 0 amide bonds. The molecular formula is C32H28BrClN6O2. The number of aromatic nitrogens is 6. The average molecular weight is 644 g/mol. The zero-order chi connectivity index (χ0) is 30.0. The lowest BCUT2D eigenvalue weighted by molar-refractivity contribution is 0.722. The molecule has 2 aromatic carbocycles. The van der Waals surface area contributed by atoms with Crippen LogP contribution in [0, 0.1) is 13.8 Å². The van der Waals surface area contributed by atoms with E-state index in [1.165, 1.54) is 0 Å². The number of pyridine rings is 2. The molecule has 0 aliphatic carbocycles. The largest absolute Gasteiger partial charge is 0.349 e. The van der Waals surface area contributed by atoms with Crippen LogP contribution in [-0.4, -0.2) is 29.1 Å². The van der Waals surface area contributed by atoms with E-state index in [0.717, 1.165) is 37.8 Å². The molecule has 8 nitrogen and oxygen atoms in total. The summed E-state index contributed by atoms with van der Waals surface area (Å²) in [6, 6.07) is 22.9. The summed E-state index contributed by atoms with van der Waals surface area (Å²) < 4.78 is 4.13. The van der Waals surface area contributed by atoms with Gasteiger partial charge in [-0.1, -0.05) is 51.8 Å². The molecule has 0 radical (unpaired) electrons. The van der Waals surface area contributed by atoms with E-state index in [9.17, 15) is 9.59 Å². The molecule has 0 spiro atoms. The third-order valence-corrected chi connectivity index (χ3v) is 7.48. The molecule has 6 aromatic rings. The maximum absolute atomic E-state index is 12.3. The molecule has 10 heteroatoms. The van der Waals surface area contributed by atoms with Gasteiger partial charge in [-0.2, -0.15) is 9.97 Å². The first-order valence-electron chi connectivity index (χ1n) is 13.5. The minimum atomic E-state index is -0.293. The van der Waals surface area contributed by atoms with Gasteiger partial charge in [0, 0.05) is 55.9 Å². The van der Waals surface area contributed by atoms with Crippen molar-refractivity contribution in [3.63, 3.8) is 0 Å². The first-order chi connectivity index (χ1) is 20.2. The third-order valence-electron chi connectivity index (χ3n) is 6.76. The average Bonchev–Trinajstić information content (AvgIpc) is 2.96. The fourth-order valence-electron chi connectivity index (χ4n) is 4.76. The van der Waals surface area contributed by atoms with Crippen molar-refractivity contribution in [3.05, 3.63) is 115 Å². The molecule has 6 rings (SSSR count). The minimum Gasteiger partial charge on any atom is -0.276 e. The van der Waals surface area contributed by atoms with Crippen LogP contribution in [0.15, 0.2) is 86.9 Å². The van der Waals surface area contributed by atoms with Gasteiger partial charge in [-0.15, -0.1) is 0 Å². The number of nitrogens with zero attached hydrogens (tertiary/aromatic N) is 6. The Kier molecular flexibility index (Phi) is 8.61. The SMILES string of the molecule is CCn1c(=O)nc(-c2cccc(Br)c2)c2ccc(C)nc21.CCn1c(=O)nc(-c2cccc(Cl)c2)c2ccc(C)nc21. The number of aryl methyl sites for hydroxylation is 4. The lowest BCUT2D eigenvalue weighted by atomic mass is 10.1. The summed E-state index contributed by atoms with van der Waals surface area (Å²) in [6.45, 7) is 8.75. The van der Waals surface area contributed by atoms with Gasteiger partial charge in [0.15, 0.2) is 0 Å². The van der Waals surface area contributed by atoms with Gasteiger partial charge >= 0.3 is 11.4 Å². The van der Waals surface area contributed by atoms with E-state index in [1.807, 2.05) is 88.4 Å². The van der Waals surface area contributed by atoms with Crippen molar-refractivity contribution in [1.82, 2.24) is 29.1 Å². The summed E-state index contributed by atoms with van der Waals surface area (Å²) in [5.74, 6) is 0. The highest BCUT2D eigenvalue weighted by Gasteiger charge is 2.14. The first kappa shape index (κ1) is 29.3. The van der Waals surface area contributed by atoms with Gasteiger partial charge < -0.3 is 0 Å². The maximum Gasteiger partial charge on any atom is 0.349 e. The maximum atomic E-state index is 12.3. The Morgan fingerprint density at radius 2 is 1.14 bits per heavy atom. The van der Waals surface area contributed by atoms with E-state index < -0.39 is 0 Å². The van der Waals surface area contributed by atoms with E-state index in [-0.39, 0.29) is 11.4 Å². The van der Waals surface area contributed by atoms with Crippen LogP contribution in [-0.2, 0) is 13.1 Å². The Morgan fingerprint density at radius 3 is 1.60 bits per heavy atom. The summed E-state index contributed by atoms with van der Waals surface area (Å²) in [5.41, 5.74) is 5.56. The lowest BCUT2D eigenvalue weighted by Gasteiger charge is -2.11. The molecule has 0 bridgehead atoms. The topological polar surface area (TPSA) is 95.6 Å². The van der Waals surface area contributed by atoms with Crippen LogP contribution in [0.3, 0.4) is 0 Å². The van der Waals surface area contributed by atoms with Crippen molar-refractivity contribution >= 4 is 49.6 Å². The number of hydrogen-bond acceptors (Lipinski definition) is 6. The number of fused-ring (bicyclic) bond motifs is 2. The molecule has 212 valence electrons. The summed E-state index contributed by atoms with van der Waals surface area (Å²) >= 11 is 9.50. The molecule has 0 saturated carbocycles. The third kappa shape index (κ3) is 5.89. The van der Waals surface area contributed by atoms with Gasteiger partial charge in [0.25, 0.3) is 0 Å². The van der Waals surface area contributed by atoms with Crippen molar-refractivity contribution in [1.29, 1.82) is 0 Å². The predicted octanol–water partition coefficient (Wildman–Crippen LogP) is 6.99. The molecule has 0 unspecified atom stereocenters. The van der Waals surface area contributed by atoms with Gasteiger partial charge in [-0.25, -0.2) is 19.6 Å². The second kappa shape index (κ2) is 12.3.